The van der Waals surface area contributed by atoms with Crippen LogP contribution >= 0.6 is 0 Å². The van der Waals surface area contributed by atoms with E-state index in [1.165, 1.54) is 6.42 Å². The molecular formula is C19H41NO4. The molecule has 0 aromatic heterocycles. The van der Waals surface area contributed by atoms with Crippen molar-refractivity contribution >= 4 is 0 Å². The Morgan fingerprint density at radius 3 is 2.50 bits per heavy atom. The molecule has 0 fully saturated rings. The van der Waals surface area contributed by atoms with Gasteiger partial charge in [0.25, 0.3) is 0 Å². The standard InChI is InChI=1S/C19H41NO4/c1-6-13-22-16-11-19(3,4)24-14-9-7-8-12-20-17-23-18(2)10-15-21-5/h18,20H,6-17H2,1-5H3. The quantitative estimate of drug-likeness (QED) is 0.302. The number of hydrogen-bond acceptors (Lipinski definition) is 5. The normalized spacial score (nSPS) is 13.4. The molecule has 24 heavy (non-hydrogen) atoms. The average molecular weight is 348 g/mol. The van der Waals surface area contributed by atoms with E-state index in [0.29, 0.717) is 6.73 Å². The van der Waals surface area contributed by atoms with Gasteiger partial charge in [-0.3, -0.25) is 5.32 Å². The first-order chi connectivity index (χ1) is 11.5. The third-order valence-electron chi connectivity index (χ3n) is 3.89. The Hall–Kier alpha value is -0.200. The van der Waals surface area contributed by atoms with Crippen molar-refractivity contribution in [2.75, 3.05) is 46.8 Å². The molecule has 0 aromatic carbocycles. The fourth-order valence-electron chi connectivity index (χ4n) is 2.15. The van der Waals surface area contributed by atoms with Crippen molar-refractivity contribution in [3.8, 4) is 0 Å². The molecule has 0 radical (unpaired) electrons. The van der Waals surface area contributed by atoms with Crippen LogP contribution in [-0.4, -0.2) is 58.5 Å². The fraction of sp³-hybridized carbons (Fsp3) is 1.00. The summed E-state index contributed by atoms with van der Waals surface area (Å²) in [7, 11) is 1.72. The van der Waals surface area contributed by atoms with E-state index in [1.807, 2.05) is 0 Å². The van der Waals surface area contributed by atoms with E-state index in [9.17, 15) is 0 Å². The van der Waals surface area contributed by atoms with Gasteiger partial charge in [0.05, 0.1) is 18.4 Å². The topological polar surface area (TPSA) is 49.0 Å². The van der Waals surface area contributed by atoms with E-state index < -0.39 is 0 Å². The number of rotatable bonds is 18. The van der Waals surface area contributed by atoms with E-state index in [4.69, 9.17) is 18.9 Å². The fourth-order valence-corrected chi connectivity index (χ4v) is 2.15. The van der Waals surface area contributed by atoms with Gasteiger partial charge in [0.2, 0.25) is 0 Å². The predicted molar refractivity (Wildman–Crippen MR) is 99.5 cm³/mol. The predicted octanol–water partition coefficient (Wildman–Crippen LogP) is 3.76. The number of unbranched alkanes of at least 4 members (excludes halogenated alkanes) is 2. The monoisotopic (exact) mass is 347 g/mol. The van der Waals surface area contributed by atoms with Crippen molar-refractivity contribution in [2.24, 2.45) is 0 Å². The van der Waals surface area contributed by atoms with Crippen LogP contribution in [0.25, 0.3) is 0 Å². The highest BCUT2D eigenvalue weighted by atomic mass is 16.5. The van der Waals surface area contributed by atoms with Gasteiger partial charge in [-0.2, -0.15) is 0 Å². The second-order valence-electron chi connectivity index (χ2n) is 6.93. The van der Waals surface area contributed by atoms with E-state index in [0.717, 1.165) is 65.1 Å². The van der Waals surface area contributed by atoms with Crippen molar-refractivity contribution < 1.29 is 18.9 Å². The molecule has 1 atom stereocenters. The van der Waals surface area contributed by atoms with Gasteiger partial charge < -0.3 is 18.9 Å². The van der Waals surface area contributed by atoms with Crippen molar-refractivity contribution in [1.29, 1.82) is 0 Å². The minimum atomic E-state index is -0.0851. The highest BCUT2D eigenvalue weighted by molar-refractivity contribution is 4.68. The smallest absolute Gasteiger partial charge is 0.0968 e. The molecule has 0 heterocycles. The van der Waals surface area contributed by atoms with Gasteiger partial charge in [-0.25, -0.2) is 0 Å². The highest BCUT2D eigenvalue weighted by Gasteiger charge is 2.17. The molecule has 0 aliphatic rings. The Labute approximate surface area is 149 Å². The molecule has 5 nitrogen and oxygen atoms in total. The van der Waals surface area contributed by atoms with Gasteiger partial charge in [0, 0.05) is 33.5 Å². The summed E-state index contributed by atoms with van der Waals surface area (Å²) in [5, 5.41) is 3.32. The maximum atomic E-state index is 5.97. The van der Waals surface area contributed by atoms with Crippen molar-refractivity contribution in [3.63, 3.8) is 0 Å². The second-order valence-corrected chi connectivity index (χ2v) is 6.93. The number of nitrogens with one attached hydrogen (secondary N) is 1. The number of hydrogen-bond donors (Lipinski definition) is 1. The molecular weight excluding hydrogens is 306 g/mol. The summed E-state index contributed by atoms with van der Waals surface area (Å²) < 4.78 is 22.2. The molecule has 5 heteroatoms. The Kier molecular flexibility index (Phi) is 16.1. The summed E-state index contributed by atoms with van der Waals surface area (Å²) in [5.74, 6) is 0. The van der Waals surface area contributed by atoms with E-state index in [2.05, 4.69) is 33.0 Å². The van der Waals surface area contributed by atoms with Crippen LogP contribution in [0.4, 0.5) is 0 Å². The Morgan fingerprint density at radius 2 is 1.79 bits per heavy atom. The Bertz CT molecular complexity index is 262. The van der Waals surface area contributed by atoms with Crippen LogP contribution in [0, 0.1) is 0 Å². The highest BCUT2D eigenvalue weighted by Crippen LogP contribution is 2.15. The molecule has 0 spiro atoms. The zero-order valence-electron chi connectivity index (χ0n) is 16.7. The van der Waals surface area contributed by atoms with Crippen LogP contribution in [0.2, 0.25) is 0 Å². The zero-order valence-corrected chi connectivity index (χ0v) is 16.7. The molecule has 0 rings (SSSR count). The molecule has 0 aliphatic heterocycles. The Balaban J connectivity index is 3.34. The molecule has 0 amide bonds. The molecule has 0 bridgehead atoms. The van der Waals surface area contributed by atoms with Crippen LogP contribution in [0.1, 0.15) is 66.2 Å². The van der Waals surface area contributed by atoms with Crippen LogP contribution in [0.15, 0.2) is 0 Å². The van der Waals surface area contributed by atoms with Crippen LogP contribution in [-0.2, 0) is 18.9 Å². The summed E-state index contributed by atoms with van der Waals surface area (Å²) in [6.45, 7) is 13.3. The maximum Gasteiger partial charge on any atom is 0.0968 e. The minimum absolute atomic E-state index is 0.0851. The summed E-state index contributed by atoms with van der Waals surface area (Å²) in [5.41, 5.74) is -0.0851. The van der Waals surface area contributed by atoms with Crippen molar-refractivity contribution in [2.45, 2.75) is 77.9 Å². The molecule has 0 saturated heterocycles. The number of methoxy groups -OCH3 is 1. The summed E-state index contributed by atoms with van der Waals surface area (Å²) in [4.78, 5) is 0. The first-order valence-electron chi connectivity index (χ1n) is 9.54. The lowest BCUT2D eigenvalue weighted by molar-refractivity contribution is -0.0420. The van der Waals surface area contributed by atoms with Gasteiger partial charge >= 0.3 is 0 Å². The second kappa shape index (κ2) is 16.3. The molecule has 1 N–H and O–H groups in total. The van der Waals surface area contributed by atoms with Crippen molar-refractivity contribution in [3.05, 3.63) is 0 Å². The van der Waals surface area contributed by atoms with Gasteiger partial charge in [-0.15, -0.1) is 0 Å². The molecule has 146 valence electrons. The SMILES string of the molecule is CCCOCCC(C)(C)OCCCCCNCOC(C)CCOC. The summed E-state index contributed by atoms with van der Waals surface area (Å²) in [6, 6.07) is 0. The molecule has 1 unspecified atom stereocenters. The van der Waals surface area contributed by atoms with Crippen LogP contribution < -0.4 is 5.32 Å². The average Bonchev–Trinajstić information content (AvgIpc) is 2.55. The van der Waals surface area contributed by atoms with E-state index >= 15 is 0 Å². The lowest BCUT2D eigenvalue weighted by Gasteiger charge is -2.25. The van der Waals surface area contributed by atoms with E-state index in [-0.39, 0.29) is 11.7 Å². The molecule has 0 aliphatic carbocycles. The maximum absolute atomic E-state index is 5.97. The summed E-state index contributed by atoms with van der Waals surface area (Å²) in [6.07, 6.45) is 6.64. The first kappa shape index (κ1) is 23.8. The number of ether oxygens (including phenoxy) is 4. The molecule has 0 saturated carbocycles. The third-order valence-corrected chi connectivity index (χ3v) is 3.89. The van der Waals surface area contributed by atoms with Crippen molar-refractivity contribution in [1.82, 2.24) is 5.32 Å². The van der Waals surface area contributed by atoms with Crippen LogP contribution in [0.5, 0.6) is 0 Å². The van der Waals surface area contributed by atoms with Crippen LogP contribution in [0.3, 0.4) is 0 Å². The van der Waals surface area contributed by atoms with Gasteiger partial charge in [0.1, 0.15) is 0 Å². The zero-order chi connectivity index (χ0) is 18.1. The summed E-state index contributed by atoms with van der Waals surface area (Å²) >= 11 is 0. The Morgan fingerprint density at radius 1 is 1.00 bits per heavy atom. The van der Waals surface area contributed by atoms with Gasteiger partial charge in [-0.1, -0.05) is 6.92 Å². The molecule has 0 aromatic rings. The van der Waals surface area contributed by atoms with Gasteiger partial charge in [0.15, 0.2) is 0 Å². The lowest BCUT2D eigenvalue weighted by atomic mass is 10.1. The van der Waals surface area contributed by atoms with Gasteiger partial charge in [-0.05, 0) is 65.8 Å². The largest absolute Gasteiger partial charge is 0.385 e. The third kappa shape index (κ3) is 16.7. The first-order valence-corrected chi connectivity index (χ1v) is 9.54. The minimum Gasteiger partial charge on any atom is -0.385 e. The van der Waals surface area contributed by atoms with E-state index in [1.54, 1.807) is 7.11 Å². The lowest BCUT2D eigenvalue weighted by Crippen LogP contribution is -2.27.